The lowest BCUT2D eigenvalue weighted by atomic mass is 10.1. The van der Waals surface area contributed by atoms with Gasteiger partial charge >= 0.3 is 0 Å². The van der Waals surface area contributed by atoms with Crippen molar-refractivity contribution in [1.29, 1.82) is 0 Å². The molecule has 0 amide bonds. The Bertz CT molecular complexity index is 298. The molecule has 0 radical (unpaired) electrons. The molecular weight excluding hydrogens is 202 g/mol. The van der Waals surface area contributed by atoms with Gasteiger partial charge in [0.05, 0.1) is 6.10 Å². The molecule has 1 saturated heterocycles. The maximum Gasteiger partial charge on any atom is 0.0817 e. The fraction of sp³-hybridized carbons (Fsp3) is 0.583. The first-order chi connectivity index (χ1) is 7.86. The SMILES string of the molecule is OC(CCN1CCNCC1)c1cccnc1. The van der Waals surface area contributed by atoms with E-state index < -0.39 is 0 Å². The van der Waals surface area contributed by atoms with Crippen molar-refractivity contribution < 1.29 is 5.11 Å². The highest BCUT2D eigenvalue weighted by atomic mass is 16.3. The molecule has 1 aliphatic heterocycles. The number of aromatic nitrogens is 1. The molecule has 88 valence electrons. The Kier molecular flexibility index (Phi) is 4.27. The zero-order valence-corrected chi connectivity index (χ0v) is 9.47. The van der Waals surface area contributed by atoms with Crippen molar-refractivity contribution >= 4 is 0 Å². The van der Waals surface area contributed by atoms with Gasteiger partial charge in [-0.2, -0.15) is 0 Å². The third-order valence-electron chi connectivity index (χ3n) is 3.00. The van der Waals surface area contributed by atoms with E-state index in [1.807, 2.05) is 12.1 Å². The summed E-state index contributed by atoms with van der Waals surface area (Å²) in [5.74, 6) is 0. The van der Waals surface area contributed by atoms with Crippen molar-refractivity contribution in [2.24, 2.45) is 0 Å². The van der Waals surface area contributed by atoms with Crippen LogP contribution in [0.5, 0.6) is 0 Å². The zero-order valence-electron chi connectivity index (χ0n) is 9.47. The van der Waals surface area contributed by atoms with Crippen LogP contribution in [-0.4, -0.2) is 47.7 Å². The summed E-state index contributed by atoms with van der Waals surface area (Å²) in [5.41, 5.74) is 0.914. The van der Waals surface area contributed by atoms with Crippen LogP contribution in [0.3, 0.4) is 0 Å². The van der Waals surface area contributed by atoms with Gasteiger partial charge in [0.25, 0.3) is 0 Å². The summed E-state index contributed by atoms with van der Waals surface area (Å²) in [6, 6.07) is 3.79. The van der Waals surface area contributed by atoms with Crippen LogP contribution in [0.4, 0.5) is 0 Å². The summed E-state index contributed by atoms with van der Waals surface area (Å²) in [7, 11) is 0. The number of aliphatic hydroxyl groups excluding tert-OH is 1. The van der Waals surface area contributed by atoms with Crippen LogP contribution in [0, 0.1) is 0 Å². The van der Waals surface area contributed by atoms with E-state index in [0.717, 1.165) is 44.7 Å². The Hall–Kier alpha value is -0.970. The molecule has 1 aromatic heterocycles. The molecule has 2 N–H and O–H groups in total. The number of piperazine rings is 1. The Morgan fingerprint density at radius 3 is 2.94 bits per heavy atom. The number of nitrogens with one attached hydrogen (secondary N) is 1. The molecule has 16 heavy (non-hydrogen) atoms. The molecule has 1 aromatic rings. The fourth-order valence-corrected chi connectivity index (χ4v) is 1.98. The molecule has 1 aliphatic rings. The zero-order chi connectivity index (χ0) is 11.2. The normalized spacial score (nSPS) is 19.6. The van der Waals surface area contributed by atoms with Crippen molar-refractivity contribution in [1.82, 2.24) is 15.2 Å². The third-order valence-corrected chi connectivity index (χ3v) is 3.00. The quantitative estimate of drug-likeness (QED) is 0.773. The summed E-state index contributed by atoms with van der Waals surface area (Å²) < 4.78 is 0. The van der Waals surface area contributed by atoms with Gasteiger partial charge < -0.3 is 15.3 Å². The minimum atomic E-state index is -0.386. The van der Waals surface area contributed by atoms with E-state index in [-0.39, 0.29) is 6.10 Å². The summed E-state index contributed by atoms with van der Waals surface area (Å²) in [4.78, 5) is 6.40. The van der Waals surface area contributed by atoms with Crippen LogP contribution >= 0.6 is 0 Å². The Morgan fingerprint density at radius 2 is 2.25 bits per heavy atom. The van der Waals surface area contributed by atoms with Gasteiger partial charge in [-0.3, -0.25) is 4.98 Å². The topological polar surface area (TPSA) is 48.4 Å². The molecule has 0 aliphatic carbocycles. The van der Waals surface area contributed by atoms with Gasteiger partial charge in [-0.25, -0.2) is 0 Å². The summed E-state index contributed by atoms with van der Waals surface area (Å²) in [6.45, 7) is 5.24. The molecule has 0 saturated carbocycles. The van der Waals surface area contributed by atoms with Gasteiger partial charge in [0.2, 0.25) is 0 Å². The monoisotopic (exact) mass is 221 g/mol. The molecule has 1 fully saturated rings. The van der Waals surface area contributed by atoms with E-state index in [9.17, 15) is 5.11 Å². The molecule has 0 spiro atoms. The average molecular weight is 221 g/mol. The smallest absolute Gasteiger partial charge is 0.0817 e. The first-order valence-electron chi connectivity index (χ1n) is 5.87. The molecule has 4 nitrogen and oxygen atoms in total. The number of aliphatic hydroxyl groups is 1. The van der Waals surface area contributed by atoms with Gasteiger partial charge in [-0.1, -0.05) is 6.07 Å². The summed E-state index contributed by atoms with van der Waals surface area (Å²) >= 11 is 0. The molecule has 2 heterocycles. The standard InChI is InChI=1S/C12H19N3O/c16-12(11-2-1-4-14-10-11)3-7-15-8-5-13-6-9-15/h1-2,4,10,12-13,16H,3,5-9H2. The highest BCUT2D eigenvalue weighted by molar-refractivity contribution is 5.11. The lowest BCUT2D eigenvalue weighted by Crippen LogP contribution is -2.44. The molecule has 1 atom stereocenters. The van der Waals surface area contributed by atoms with Gasteiger partial charge in [-0.15, -0.1) is 0 Å². The summed E-state index contributed by atoms with van der Waals surface area (Å²) in [6.07, 6.45) is 3.87. The first kappa shape index (κ1) is 11.5. The number of pyridine rings is 1. The predicted molar refractivity (Wildman–Crippen MR) is 63.1 cm³/mol. The van der Waals surface area contributed by atoms with Crippen molar-refractivity contribution in [3.05, 3.63) is 30.1 Å². The fourth-order valence-electron chi connectivity index (χ4n) is 1.98. The maximum atomic E-state index is 9.97. The highest BCUT2D eigenvalue weighted by Crippen LogP contribution is 2.15. The predicted octanol–water partition coefficient (Wildman–Crippen LogP) is 0.410. The first-order valence-corrected chi connectivity index (χ1v) is 5.87. The van der Waals surface area contributed by atoms with Crippen LogP contribution in [-0.2, 0) is 0 Å². The Labute approximate surface area is 96.3 Å². The number of nitrogens with zero attached hydrogens (tertiary/aromatic N) is 2. The minimum Gasteiger partial charge on any atom is -0.388 e. The lowest BCUT2D eigenvalue weighted by Gasteiger charge is -2.27. The van der Waals surface area contributed by atoms with E-state index in [4.69, 9.17) is 0 Å². The van der Waals surface area contributed by atoms with Crippen LogP contribution in [0.2, 0.25) is 0 Å². The van der Waals surface area contributed by atoms with E-state index >= 15 is 0 Å². The summed E-state index contributed by atoms with van der Waals surface area (Å²) in [5, 5.41) is 13.3. The molecular formula is C12H19N3O. The molecule has 1 unspecified atom stereocenters. The second-order valence-electron chi connectivity index (χ2n) is 4.18. The number of hydrogen-bond acceptors (Lipinski definition) is 4. The van der Waals surface area contributed by atoms with Gasteiger partial charge in [0.15, 0.2) is 0 Å². The van der Waals surface area contributed by atoms with Gasteiger partial charge in [0.1, 0.15) is 0 Å². The van der Waals surface area contributed by atoms with E-state index in [1.54, 1.807) is 12.4 Å². The van der Waals surface area contributed by atoms with Crippen molar-refractivity contribution in [3.8, 4) is 0 Å². The van der Waals surface area contributed by atoms with Gasteiger partial charge in [0, 0.05) is 45.1 Å². The van der Waals surface area contributed by atoms with E-state index in [1.165, 1.54) is 0 Å². The van der Waals surface area contributed by atoms with Crippen LogP contribution in [0.25, 0.3) is 0 Å². The Morgan fingerprint density at radius 1 is 1.44 bits per heavy atom. The molecule has 4 heteroatoms. The molecule has 2 rings (SSSR count). The molecule has 0 bridgehead atoms. The highest BCUT2D eigenvalue weighted by Gasteiger charge is 2.12. The van der Waals surface area contributed by atoms with Crippen LogP contribution in [0.1, 0.15) is 18.1 Å². The largest absolute Gasteiger partial charge is 0.388 e. The second-order valence-corrected chi connectivity index (χ2v) is 4.18. The van der Waals surface area contributed by atoms with Crippen molar-refractivity contribution in [2.75, 3.05) is 32.7 Å². The second kappa shape index (κ2) is 5.94. The van der Waals surface area contributed by atoms with E-state index in [0.29, 0.717) is 0 Å². The van der Waals surface area contributed by atoms with E-state index in [2.05, 4.69) is 15.2 Å². The number of hydrogen-bond donors (Lipinski definition) is 2. The lowest BCUT2D eigenvalue weighted by molar-refractivity contribution is 0.136. The van der Waals surface area contributed by atoms with Gasteiger partial charge in [-0.05, 0) is 18.1 Å². The number of rotatable bonds is 4. The average Bonchev–Trinajstić information content (AvgIpc) is 2.38. The minimum absolute atomic E-state index is 0.386. The third kappa shape index (κ3) is 3.27. The maximum absolute atomic E-state index is 9.97. The molecule has 0 aromatic carbocycles. The van der Waals surface area contributed by atoms with Crippen LogP contribution in [0.15, 0.2) is 24.5 Å². The Balaban J connectivity index is 1.77. The van der Waals surface area contributed by atoms with Crippen molar-refractivity contribution in [2.45, 2.75) is 12.5 Å². The van der Waals surface area contributed by atoms with Crippen LogP contribution < -0.4 is 5.32 Å². The van der Waals surface area contributed by atoms with Crippen molar-refractivity contribution in [3.63, 3.8) is 0 Å².